The molecule has 2 rings (SSSR count). The monoisotopic (exact) mass is 366 g/mol. The molecule has 0 aromatic heterocycles. The largest absolute Gasteiger partial charge is 0.466 e. The summed E-state index contributed by atoms with van der Waals surface area (Å²) in [5.41, 5.74) is 3.60. The number of aliphatic hydroxyl groups is 1. The Morgan fingerprint density at radius 1 is 0.923 bits per heavy atom. The average molecular weight is 367 g/mol. The zero-order valence-corrected chi connectivity index (χ0v) is 16.7. The fraction of sp³-hybridized carbons (Fsp3) is 0.318. The third kappa shape index (κ3) is 7.26. The maximum atomic E-state index is 11.9. The molecule has 0 aliphatic rings. The average Bonchev–Trinajstić information content (AvgIpc) is 2.60. The van der Waals surface area contributed by atoms with E-state index in [0.717, 1.165) is 28.3 Å². The molecule has 2 aromatic carbocycles. The van der Waals surface area contributed by atoms with E-state index in [0.29, 0.717) is 13.0 Å². The molecule has 0 aliphatic heterocycles. The number of carbonyl (C=O) groups is 1. The molecule has 0 saturated carbocycles. The van der Waals surface area contributed by atoms with Crippen LogP contribution in [-0.4, -0.2) is 25.8 Å². The van der Waals surface area contributed by atoms with E-state index in [4.69, 9.17) is 9.84 Å². The summed E-state index contributed by atoms with van der Waals surface area (Å²) in [5.74, 6) is 6.03. The highest BCUT2D eigenvalue weighted by molar-refractivity contribution is 6.76. The molecule has 0 bridgehead atoms. The fourth-order valence-electron chi connectivity index (χ4n) is 2.23. The Morgan fingerprint density at radius 3 is 1.88 bits per heavy atom. The second-order valence-electron chi connectivity index (χ2n) is 7.51. The molecule has 0 fully saturated rings. The van der Waals surface area contributed by atoms with E-state index in [2.05, 4.69) is 31.5 Å². The first-order chi connectivity index (χ1) is 12.4. The molecule has 0 radical (unpaired) electrons. The van der Waals surface area contributed by atoms with Crippen LogP contribution in [0.15, 0.2) is 48.5 Å². The van der Waals surface area contributed by atoms with Crippen molar-refractivity contribution in [2.24, 2.45) is 0 Å². The highest BCUT2D eigenvalue weighted by Crippen LogP contribution is 2.10. The molecular weight excluding hydrogens is 340 g/mol. The molecule has 0 atom stereocenters. The molecule has 0 saturated heterocycles. The predicted molar refractivity (Wildman–Crippen MR) is 108 cm³/mol. The van der Waals surface area contributed by atoms with Crippen molar-refractivity contribution in [1.29, 1.82) is 0 Å². The first-order valence-corrected chi connectivity index (χ1v) is 12.5. The topological polar surface area (TPSA) is 46.5 Å². The number of esters is 1. The Morgan fingerprint density at radius 2 is 1.42 bits per heavy atom. The van der Waals surface area contributed by atoms with Gasteiger partial charge in [0.25, 0.3) is 0 Å². The Hall–Kier alpha value is -2.35. The van der Waals surface area contributed by atoms with Gasteiger partial charge in [-0.05, 0) is 41.4 Å². The van der Waals surface area contributed by atoms with Crippen LogP contribution in [0.2, 0.25) is 25.7 Å². The van der Waals surface area contributed by atoms with Crippen molar-refractivity contribution in [3.8, 4) is 11.8 Å². The summed E-state index contributed by atoms with van der Waals surface area (Å²) in [4.78, 5) is 11.9. The predicted octanol–water partition coefficient (Wildman–Crippen LogP) is 4.00. The second kappa shape index (κ2) is 9.37. The second-order valence-corrected chi connectivity index (χ2v) is 13.1. The highest BCUT2D eigenvalue weighted by Gasteiger charge is 2.14. The van der Waals surface area contributed by atoms with Crippen LogP contribution in [0.1, 0.15) is 22.3 Å². The fourth-order valence-corrected chi connectivity index (χ4v) is 2.95. The lowest BCUT2D eigenvalue weighted by Crippen LogP contribution is -2.23. The third-order valence-electron chi connectivity index (χ3n) is 3.91. The number of carbonyl (C=O) groups excluding carboxylic acids is 1. The first-order valence-electron chi connectivity index (χ1n) is 8.82. The van der Waals surface area contributed by atoms with Gasteiger partial charge in [0.1, 0.15) is 0 Å². The zero-order valence-electron chi connectivity index (χ0n) is 15.7. The lowest BCUT2D eigenvalue weighted by Gasteiger charge is -2.15. The normalized spacial score (nSPS) is 10.8. The summed E-state index contributed by atoms with van der Waals surface area (Å²) in [6.45, 7) is 7.35. The summed E-state index contributed by atoms with van der Waals surface area (Å²) in [6, 6.07) is 16.2. The molecule has 0 unspecified atom stereocenters. The minimum absolute atomic E-state index is 0.0374. The molecule has 4 heteroatoms. The molecule has 0 amide bonds. The third-order valence-corrected chi connectivity index (χ3v) is 5.61. The summed E-state index contributed by atoms with van der Waals surface area (Å²) in [5, 5.41) is 9.04. The Labute approximate surface area is 157 Å². The van der Waals surface area contributed by atoms with Crippen LogP contribution < -0.4 is 0 Å². The van der Waals surface area contributed by atoms with Gasteiger partial charge in [-0.25, -0.2) is 0 Å². The maximum Gasteiger partial charge on any atom is 0.310 e. The smallest absolute Gasteiger partial charge is 0.310 e. The Balaban J connectivity index is 1.88. The Bertz CT molecular complexity index is 775. The molecule has 3 nitrogen and oxygen atoms in total. The van der Waals surface area contributed by atoms with E-state index >= 15 is 0 Å². The van der Waals surface area contributed by atoms with Crippen molar-refractivity contribution in [3.05, 3.63) is 70.8 Å². The molecule has 2 aromatic rings. The molecule has 0 heterocycles. The number of ether oxygens (including phenoxy) is 1. The number of rotatable bonds is 6. The van der Waals surface area contributed by atoms with Gasteiger partial charge in [-0.3, -0.25) is 4.79 Å². The van der Waals surface area contributed by atoms with Crippen LogP contribution in [-0.2, 0) is 22.6 Å². The van der Waals surface area contributed by atoms with Gasteiger partial charge < -0.3 is 9.84 Å². The van der Waals surface area contributed by atoms with E-state index < -0.39 is 8.07 Å². The van der Waals surface area contributed by atoms with E-state index in [-0.39, 0.29) is 12.6 Å². The van der Waals surface area contributed by atoms with Crippen LogP contribution in [0.5, 0.6) is 0 Å². The number of benzene rings is 2. The highest BCUT2D eigenvalue weighted by atomic mass is 28.3. The van der Waals surface area contributed by atoms with Crippen molar-refractivity contribution < 1.29 is 14.6 Å². The minimum atomic E-state index is -1.17. The zero-order chi connectivity index (χ0) is 19.0. The molecule has 0 spiro atoms. The van der Waals surface area contributed by atoms with E-state index in [9.17, 15) is 4.79 Å². The van der Waals surface area contributed by atoms with Gasteiger partial charge in [-0.2, -0.15) is 0 Å². The lowest BCUT2D eigenvalue weighted by atomic mass is 10.1. The van der Waals surface area contributed by atoms with Crippen LogP contribution in [0.3, 0.4) is 0 Å². The van der Waals surface area contributed by atoms with Crippen LogP contribution >= 0.6 is 0 Å². The summed E-state index contributed by atoms with van der Waals surface area (Å²) < 4.78 is 5.33. The SMILES string of the molecule is C[Si](C)(C)CCOC(=O)Cc1ccc(C#Cc2ccc(CO)cc2)cc1. The van der Waals surface area contributed by atoms with Crippen molar-refractivity contribution in [2.45, 2.75) is 38.7 Å². The van der Waals surface area contributed by atoms with Gasteiger partial charge in [0.2, 0.25) is 0 Å². The van der Waals surface area contributed by atoms with E-state index in [1.807, 2.05) is 48.5 Å². The first kappa shape index (κ1) is 20.0. The minimum Gasteiger partial charge on any atom is -0.466 e. The van der Waals surface area contributed by atoms with E-state index in [1.165, 1.54) is 0 Å². The van der Waals surface area contributed by atoms with Crippen molar-refractivity contribution in [1.82, 2.24) is 0 Å². The van der Waals surface area contributed by atoms with Gasteiger partial charge in [-0.1, -0.05) is 55.7 Å². The number of aliphatic hydroxyl groups excluding tert-OH is 1. The van der Waals surface area contributed by atoms with Gasteiger partial charge in [-0.15, -0.1) is 0 Å². The molecule has 136 valence electrons. The van der Waals surface area contributed by atoms with Gasteiger partial charge in [0.15, 0.2) is 0 Å². The molecule has 26 heavy (non-hydrogen) atoms. The number of hydrogen-bond acceptors (Lipinski definition) is 3. The standard InChI is InChI=1S/C22H26O3Si/c1-26(2,3)15-14-25-22(24)16-20-10-6-18(7-11-20)4-5-19-8-12-21(17-23)13-9-19/h6-13,23H,14-17H2,1-3H3. The van der Waals surface area contributed by atoms with E-state index in [1.54, 1.807) is 0 Å². The molecular formula is C22H26O3Si. The van der Waals surface area contributed by atoms with Crippen molar-refractivity contribution in [3.63, 3.8) is 0 Å². The van der Waals surface area contributed by atoms with Gasteiger partial charge in [0.05, 0.1) is 19.6 Å². The number of hydrogen-bond donors (Lipinski definition) is 1. The van der Waals surface area contributed by atoms with Gasteiger partial charge in [0, 0.05) is 19.2 Å². The van der Waals surface area contributed by atoms with Gasteiger partial charge >= 0.3 is 5.97 Å². The Kier molecular flexibility index (Phi) is 7.20. The maximum absolute atomic E-state index is 11.9. The molecule has 0 aliphatic carbocycles. The lowest BCUT2D eigenvalue weighted by molar-refractivity contribution is -0.142. The quantitative estimate of drug-likeness (QED) is 0.477. The summed E-state index contributed by atoms with van der Waals surface area (Å²) in [7, 11) is -1.17. The van der Waals surface area contributed by atoms with Crippen molar-refractivity contribution >= 4 is 14.0 Å². The van der Waals surface area contributed by atoms with Crippen LogP contribution in [0.25, 0.3) is 0 Å². The van der Waals surface area contributed by atoms with Crippen LogP contribution in [0, 0.1) is 11.8 Å². The molecule has 1 N–H and O–H groups in total. The summed E-state index contributed by atoms with van der Waals surface area (Å²) >= 11 is 0. The van der Waals surface area contributed by atoms with Crippen molar-refractivity contribution in [2.75, 3.05) is 6.61 Å². The van der Waals surface area contributed by atoms with Crippen LogP contribution in [0.4, 0.5) is 0 Å². The summed E-state index contributed by atoms with van der Waals surface area (Å²) in [6.07, 6.45) is 0.294.